The number of amides is 1. The van der Waals surface area contributed by atoms with Crippen LogP contribution >= 0.6 is 23.4 Å². The molecular weight excluding hydrogens is 301 g/mol. The average Bonchev–Trinajstić information content (AvgIpc) is 2.69. The molecule has 0 aliphatic carbocycles. The molecule has 3 rings (SSSR count). The monoisotopic (exact) mass is 307 g/mol. The van der Waals surface area contributed by atoms with E-state index < -0.39 is 11.7 Å². The van der Waals surface area contributed by atoms with Gasteiger partial charge in [0.1, 0.15) is 5.82 Å². The minimum atomic E-state index is -0.677. The molecular formula is C14H7ClFNO2S. The Kier molecular flexibility index (Phi) is 3.23. The van der Waals surface area contributed by atoms with Crippen LogP contribution in [0.25, 0.3) is 0 Å². The van der Waals surface area contributed by atoms with E-state index in [-0.39, 0.29) is 11.4 Å². The number of Topliss-reactive ketones (excluding diaryl/α,β-unsaturated/α-hetero) is 1. The number of anilines is 1. The maximum Gasteiger partial charge on any atom is 0.296 e. The fourth-order valence-electron chi connectivity index (χ4n) is 1.87. The smallest absolute Gasteiger partial charge is 0.296 e. The molecule has 0 spiro atoms. The SMILES string of the molecule is O=C1Nc2cc(Sc3ccccc3F)c(Cl)cc2C1=O. The van der Waals surface area contributed by atoms with Crippen LogP contribution < -0.4 is 5.32 Å². The quantitative estimate of drug-likeness (QED) is 0.859. The molecule has 0 atom stereocenters. The molecule has 1 amide bonds. The summed E-state index contributed by atoms with van der Waals surface area (Å²) in [6.07, 6.45) is 0. The number of carbonyl (C=O) groups is 2. The van der Waals surface area contributed by atoms with Crippen LogP contribution in [0.4, 0.5) is 10.1 Å². The van der Waals surface area contributed by atoms with Gasteiger partial charge in [0.2, 0.25) is 0 Å². The zero-order valence-corrected chi connectivity index (χ0v) is 11.5. The highest BCUT2D eigenvalue weighted by Gasteiger charge is 2.29. The lowest BCUT2D eigenvalue weighted by Gasteiger charge is -2.07. The van der Waals surface area contributed by atoms with Gasteiger partial charge < -0.3 is 5.32 Å². The predicted octanol–water partition coefficient (Wildman–Crippen LogP) is 3.77. The second-order valence-corrected chi connectivity index (χ2v) is 5.63. The van der Waals surface area contributed by atoms with Crippen molar-refractivity contribution in [3.63, 3.8) is 0 Å². The van der Waals surface area contributed by atoms with E-state index in [9.17, 15) is 14.0 Å². The number of nitrogens with one attached hydrogen (secondary N) is 1. The summed E-state index contributed by atoms with van der Waals surface area (Å²) in [5.41, 5.74) is 0.654. The Morgan fingerprint density at radius 2 is 1.85 bits per heavy atom. The Morgan fingerprint density at radius 3 is 2.60 bits per heavy atom. The molecule has 0 aromatic heterocycles. The van der Waals surface area contributed by atoms with Gasteiger partial charge in [0, 0.05) is 9.79 Å². The highest BCUT2D eigenvalue weighted by molar-refractivity contribution is 7.99. The second kappa shape index (κ2) is 4.92. The van der Waals surface area contributed by atoms with Gasteiger partial charge in [-0.3, -0.25) is 9.59 Å². The van der Waals surface area contributed by atoms with Crippen LogP contribution in [0, 0.1) is 5.82 Å². The minimum absolute atomic E-state index is 0.248. The normalized spacial score (nSPS) is 13.3. The molecule has 6 heteroatoms. The van der Waals surface area contributed by atoms with Gasteiger partial charge in [-0.2, -0.15) is 0 Å². The number of hydrogen-bond acceptors (Lipinski definition) is 3. The third kappa shape index (κ3) is 2.19. The van der Waals surface area contributed by atoms with Crippen molar-refractivity contribution >= 4 is 40.7 Å². The lowest BCUT2D eigenvalue weighted by molar-refractivity contribution is -0.112. The summed E-state index contributed by atoms with van der Waals surface area (Å²) < 4.78 is 13.6. The van der Waals surface area contributed by atoms with Gasteiger partial charge in [0.15, 0.2) is 0 Å². The van der Waals surface area contributed by atoms with E-state index in [1.807, 2.05) is 0 Å². The van der Waals surface area contributed by atoms with E-state index in [1.54, 1.807) is 24.3 Å². The molecule has 2 aromatic carbocycles. The van der Waals surface area contributed by atoms with Crippen molar-refractivity contribution in [2.75, 3.05) is 5.32 Å². The summed E-state index contributed by atoms with van der Waals surface area (Å²) in [7, 11) is 0. The molecule has 1 N–H and O–H groups in total. The molecule has 0 radical (unpaired) electrons. The number of benzene rings is 2. The van der Waals surface area contributed by atoms with Gasteiger partial charge in [0.25, 0.3) is 11.7 Å². The number of hydrogen-bond donors (Lipinski definition) is 1. The van der Waals surface area contributed by atoms with Crippen LogP contribution in [0.2, 0.25) is 5.02 Å². The molecule has 0 saturated heterocycles. The first-order chi connectivity index (χ1) is 9.56. The van der Waals surface area contributed by atoms with Gasteiger partial charge in [-0.1, -0.05) is 35.5 Å². The number of ketones is 1. The zero-order valence-electron chi connectivity index (χ0n) is 9.94. The highest BCUT2D eigenvalue weighted by atomic mass is 35.5. The molecule has 100 valence electrons. The summed E-state index contributed by atoms with van der Waals surface area (Å²) in [4.78, 5) is 23.8. The molecule has 0 fully saturated rings. The van der Waals surface area contributed by atoms with E-state index in [2.05, 4.69) is 5.32 Å². The molecule has 2 aromatic rings. The van der Waals surface area contributed by atoms with Crippen LogP contribution in [-0.4, -0.2) is 11.7 Å². The number of halogens is 2. The molecule has 0 bridgehead atoms. The lowest BCUT2D eigenvalue weighted by Crippen LogP contribution is -2.12. The first-order valence-corrected chi connectivity index (χ1v) is 6.87. The predicted molar refractivity (Wildman–Crippen MR) is 74.9 cm³/mol. The Morgan fingerprint density at radius 1 is 1.10 bits per heavy atom. The minimum Gasteiger partial charge on any atom is -0.318 e. The first kappa shape index (κ1) is 13.1. The van der Waals surface area contributed by atoms with Gasteiger partial charge in [0.05, 0.1) is 16.3 Å². The van der Waals surface area contributed by atoms with Crippen molar-refractivity contribution in [2.45, 2.75) is 9.79 Å². The standard InChI is InChI=1S/C14H7ClFNO2S/c15-8-5-7-10(17-14(19)13(7)18)6-12(8)20-11-4-2-1-3-9(11)16/h1-6H,(H,17,18,19). The third-order valence-corrected chi connectivity index (χ3v) is 4.36. The van der Waals surface area contributed by atoms with Crippen molar-refractivity contribution in [3.05, 3.63) is 52.8 Å². The number of rotatable bonds is 2. The lowest BCUT2D eigenvalue weighted by atomic mass is 10.1. The molecule has 20 heavy (non-hydrogen) atoms. The Hall–Kier alpha value is -1.85. The van der Waals surface area contributed by atoms with Crippen molar-refractivity contribution in [2.24, 2.45) is 0 Å². The van der Waals surface area contributed by atoms with E-state index in [0.29, 0.717) is 20.5 Å². The van der Waals surface area contributed by atoms with Gasteiger partial charge in [-0.25, -0.2) is 4.39 Å². The van der Waals surface area contributed by atoms with Gasteiger partial charge in [-0.15, -0.1) is 0 Å². The number of carbonyl (C=O) groups excluding carboxylic acids is 2. The maximum atomic E-state index is 13.6. The van der Waals surface area contributed by atoms with Crippen LogP contribution in [0.15, 0.2) is 46.2 Å². The van der Waals surface area contributed by atoms with Crippen molar-refractivity contribution in [1.29, 1.82) is 0 Å². The highest BCUT2D eigenvalue weighted by Crippen LogP contribution is 2.39. The fourth-order valence-corrected chi connectivity index (χ4v) is 3.03. The summed E-state index contributed by atoms with van der Waals surface area (Å²) in [5.74, 6) is -1.64. The largest absolute Gasteiger partial charge is 0.318 e. The van der Waals surface area contributed by atoms with Gasteiger partial charge in [-0.05, 0) is 24.3 Å². The third-order valence-electron chi connectivity index (χ3n) is 2.83. The Labute approximate surface area is 123 Å². The van der Waals surface area contributed by atoms with E-state index in [4.69, 9.17) is 11.6 Å². The Bertz CT molecular complexity index is 748. The van der Waals surface area contributed by atoms with Crippen LogP contribution in [-0.2, 0) is 4.79 Å². The molecule has 1 aliphatic rings. The first-order valence-electron chi connectivity index (χ1n) is 5.68. The Balaban J connectivity index is 2.01. The summed E-state index contributed by atoms with van der Waals surface area (Å²) in [6.45, 7) is 0. The van der Waals surface area contributed by atoms with E-state index >= 15 is 0 Å². The molecule has 1 heterocycles. The van der Waals surface area contributed by atoms with Crippen LogP contribution in [0.3, 0.4) is 0 Å². The fraction of sp³-hybridized carbons (Fsp3) is 0. The molecule has 1 aliphatic heterocycles. The summed E-state index contributed by atoms with van der Waals surface area (Å²) >= 11 is 7.23. The summed E-state index contributed by atoms with van der Waals surface area (Å²) in [6, 6.07) is 9.32. The van der Waals surface area contributed by atoms with Crippen molar-refractivity contribution in [1.82, 2.24) is 0 Å². The van der Waals surface area contributed by atoms with E-state index in [0.717, 1.165) is 11.8 Å². The molecule has 0 unspecified atom stereocenters. The molecule has 3 nitrogen and oxygen atoms in total. The van der Waals surface area contributed by atoms with Crippen molar-refractivity contribution in [3.8, 4) is 0 Å². The van der Waals surface area contributed by atoms with Crippen molar-refractivity contribution < 1.29 is 14.0 Å². The van der Waals surface area contributed by atoms with E-state index in [1.165, 1.54) is 12.1 Å². The maximum absolute atomic E-state index is 13.6. The van der Waals surface area contributed by atoms with Gasteiger partial charge >= 0.3 is 0 Å². The van der Waals surface area contributed by atoms with Crippen LogP contribution in [0.5, 0.6) is 0 Å². The average molecular weight is 308 g/mol. The second-order valence-electron chi connectivity index (χ2n) is 4.14. The summed E-state index contributed by atoms with van der Waals surface area (Å²) in [5, 5.41) is 2.77. The topological polar surface area (TPSA) is 46.2 Å². The molecule has 0 saturated carbocycles. The number of fused-ring (bicyclic) bond motifs is 1. The van der Waals surface area contributed by atoms with Crippen LogP contribution in [0.1, 0.15) is 10.4 Å². The zero-order chi connectivity index (χ0) is 14.3.